The number of nitrogens with zero attached hydrogens (tertiary/aromatic N) is 3. The van der Waals surface area contributed by atoms with Crippen molar-refractivity contribution in [2.24, 2.45) is 0 Å². The Kier molecular flexibility index (Phi) is 3.16. The molecule has 0 amide bonds. The molecule has 0 atom stereocenters. The van der Waals surface area contributed by atoms with Crippen LogP contribution in [0.5, 0.6) is 5.75 Å². The summed E-state index contributed by atoms with van der Waals surface area (Å²) >= 11 is 0. The van der Waals surface area contributed by atoms with Crippen LogP contribution in [0.2, 0.25) is 0 Å². The summed E-state index contributed by atoms with van der Waals surface area (Å²) in [7, 11) is 1.61. The number of ether oxygens (including phenoxy) is 1. The summed E-state index contributed by atoms with van der Waals surface area (Å²) in [6.07, 6.45) is 0. The molecule has 0 fully saturated rings. The quantitative estimate of drug-likeness (QED) is 0.601. The molecule has 114 valence electrons. The van der Waals surface area contributed by atoms with Gasteiger partial charge in [0, 0.05) is 0 Å². The first-order valence-corrected chi connectivity index (χ1v) is 7.02. The minimum Gasteiger partial charge on any atom is -0.495 e. The lowest BCUT2D eigenvalue weighted by Crippen LogP contribution is -1.94. The van der Waals surface area contributed by atoms with Crippen LogP contribution < -0.4 is 10.1 Å². The summed E-state index contributed by atoms with van der Waals surface area (Å²) in [6.45, 7) is 0. The number of hydrogen-bond acceptors (Lipinski definition) is 6. The molecule has 0 saturated carbocycles. The molecule has 2 aromatic carbocycles. The van der Waals surface area contributed by atoms with Crippen LogP contribution in [-0.4, -0.2) is 27.3 Å². The Morgan fingerprint density at radius 2 is 1.87 bits per heavy atom. The number of fused-ring (bicyclic) bond motifs is 1. The fourth-order valence-corrected chi connectivity index (χ4v) is 2.29. The predicted molar refractivity (Wildman–Crippen MR) is 85.7 cm³/mol. The average molecular weight is 307 g/mol. The Balaban J connectivity index is 1.63. The molecular formula is C16H13N5O2. The number of methoxy groups -OCH3 is 1. The second kappa shape index (κ2) is 5.45. The number of benzene rings is 2. The van der Waals surface area contributed by atoms with E-state index in [0.29, 0.717) is 17.5 Å². The van der Waals surface area contributed by atoms with E-state index >= 15 is 0 Å². The Morgan fingerprint density at radius 3 is 2.74 bits per heavy atom. The van der Waals surface area contributed by atoms with Crippen LogP contribution in [0.4, 0.5) is 11.7 Å². The van der Waals surface area contributed by atoms with E-state index in [1.54, 1.807) is 7.11 Å². The van der Waals surface area contributed by atoms with E-state index in [1.807, 2.05) is 48.5 Å². The number of aromatic nitrogens is 4. The minimum absolute atomic E-state index is 0.268. The van der Waals surface area contributed by atoms with Gasteiger partial charge in [0.05, 0.1) is 23.8 Å². The van der Waals surface area contributed by atoms with Crippen LogP contribution >= 0.6 is 0 Å². The van der Waals surface area contributed by atoms with Crippen LogP contribution in [0.3, 0.4) is 0 Å². The molecular weight excluding hydrogens is 294 g/mol. The van der Waals surface area contributed by atoms with Crippen LogP contribution in [0, 0.1) is 0 Å². The van der Waals surface area contributed by atoms with Gasteiger partial charge in [-0.1, -0.05) is 29.4 Å². The lowest BCUT2D eigenvalue weighted by Gasteiger charge is -2.06. The van der Waals surface area contributed by atoms with E-state index in [-0.39, 0.29) is 6.01 Å². The first-order valence-electron chi connectivity index (χ1n) is 7.02. The van der Waals surface area contributed by atoms with E-state index in [0.717, 1.165) is 16.7 Å². The van der Waals surface area contributed by atoms with Crippen molar-refractivity contribution in [1.29, 1.82) is 0 Å². The highest BCUT2D eigenvalue weighted by Crippen LogP contribution is 2.27. The van der Waals surface area contributed by atoms with Gasteiger partial charge in [-0.15, -0.1) is 5.10 Å². The molecule has 0 bridgehead atoms. The zero-order valence-corrected chi connectivity index (χ0v) is 12.3. The van der Waals surface area contributed by atoms with Gasteiger partial charge < -0.3 is 19.5 Å². The van der Waals surface area contributed by atoms with Crippen LogP contribution in [-0.2, 0) is 0 Å². The van der Waals surface area contributed by atoms with Gasteiger partial charge >= 0.3 is 6.01 Å². The van der Waals surface area contributed by atoms with Gasteiger partial charge in [0.1, 0.15) is 5.75 Å². The summed E-state index contributed by atoms with van der Waals surface area (Å²) in [4.78, 5) is 7.58. The number of aromatic amines is 1. The molecule has 2 heterocycles. The van der Waals surface area contributed by atoms with Gasteiger partial charge in [0.15, 0.2) is 5.82 Å². The highest BCUT2D eigenvalue weighted by atomic mass is 16.5. The van der Waals surface area contributed by atoms with E-state index in [9.17, 15) is 0 Å². The van der Waals surface area contributed by atoms with E-state index in [1.165, 1.54) is 0 Å². The van der Waals surface area contributed by atoms with Crippen molar-refractivity contribution in [3.63, 3.8) is 0 Å². The van der Waals surface area contributed by atoms with Crippen LogP contribution in [0.1, 0.15) is 0 Å². The summed E-state index contributed by atoms with van der Waals surface area (Å²) in [5, 5.41) is 11.1. The highest BCUT2D eigenvalue weighted by molar-refractivity contribution is 5.77. The van der Waals surface area contributed by atoms with Gasteiger partial charge in [0.25, 0.3) is 5.89 Å². The van der Waals surface area contributed by atoms with Gasteiger partial charge in [-0.3, -0.25) is 0 Å². The van der Waals surface area contributed by atoms with Crippen molar-refractivity contribution >= 4 is 22.7 Å². The fraction of sp³-hybridized carbons (Fsp3) is 0.0625. The second-order valence-electron chi connectivity index (χ2n) is 4.84. The maximum absolute atomic E-state index is 5.62. The molecule has 0 saturated heterocycles. The van der Waals surface area contributed by atoms with Gasteiger partial charge in [-0.25, -0.2) is 4.98 Å². The minimum atomic E-state index is 0.268. The summed E-state index contributed by atoms with van der Waals surface area (Å²) in [6, 6.07) is 15.5. The lowest BCUT2D eigenvalue weighted by molar-refractivity contribution is 0.416. The molecule has 2 aromatic heterocycles. The predicted octanol–water partition coefficient (Wildman–Crippen LogP) is 3.37. The second-order valence-corrected chi connectivity index (χ2v) is 4.84. The maximum atomic E-state index is 5.62. The molecule has 0 aliphatic carbocycles. The zero-order chi connectivity index (χ0) is 15.6. The Bertz CT molecular complexity index is 927. The Hall–Kier alpha value is -3.35. The zero-order valence-electron chi connectivity index (χ0n) is 12.3. The first-order chi connectivity index (χ1) is 11.3. The molecule has 4 aromatic rings. The molecule has 2 N–H and O–H groups in total. The monoisotopic (exact) mass is 307 g/mol. The number of imidazole rings is 1. The SMILES string of the molecule is COc1ccccc1Nc1nnc(-c2nc3ccccc3[nH]2)o1. The molecule has 0 aliphatic rings. The third kappa shape index (κ3) is 2.48. The van der Waals surface area contributed by atoms with Crippen LogP contribution in [0.15, 0.2) is 52.9 Å². The molecule has 0 spiro atoms. The van der Waals surface area contributed by atoms with Gasteiger partial charge in [-0.05, 0) is 24.3 Å². The molecule has 7 heteroatoms. The van der Waals surface area contributed by atoms with Crippen molar-refractivity contribution < 1.29 is 9.15 Å². The number of nitrogens with one attached hydrogen (secondary N) is 2. The number of rotatable bonds is 4. The number of hydrogen-bond donors (Lipinski definition) is 2. The van der Waals surface area contributed by atoms with E-state index in [2.05, 4.69) is 25.5 Å². The Labute approximate surface area is 131 Å². The molecule has 7 nitrogen and oxygen atoms in total. The standard InChI is InChI=1S/C16H13N5O2/c1-22-13-9-5-4-8-12(13)19-16-21-20-15(23-16)14-17-10-6-2-3-7-11(10)18-14/h2-9H,1H3,(H,17,18)(H,19,21). The first kappa shape index (κ1) is 13.3. The van der Waals surface area contributed by atoms with Gasteiger partial charge in [0.2, 0.25) is 0 Å². The number of anilines is 2. The molecule has 0 radical (unpaired) electrons. The summed E-state index contributed by atoms with van der Waals surface area (Å²) < 4.78 is 10.9. The van der Waals surface area contributed by atoms with Crippen molar-refractivity contribution in [3.8, 4) is 17.5 Å². The average Bonchev–Trinajstić information content (AvgIpc) is 3.21. The Morgan fingerprint density at radius 1 is 1.04 bits per heavy atom. The fourth-order valence-electron chi connectivity index (χ4n) is 2.29. The van der Waals surface area contributed by atoms with E-state index < -0.39 is 0 Å². The van der Waals surface area contributed by atoms with Crippen molar-refractivity contribution in [2.45, 2.75) is 0 Å². The molecule has 23 heavy (non-hydrogen) atoms. The van der Waals surface area contributed by atoms with Crippen LogP contribution in [0.25, 0.3) is 22.7 Å². The van der Waals surface area contributed by atoms with Crippen molar-refractivity contribution in [1.82, 2.24) is 20.2 Å². The highest BCUT2D eigenvalue weighted by Gasteiger charge is 2.13. The number of H-pyrrole nitrogens is 1. The molecule has 0 aliphatic heterocycles. The lowest BCUT2D eigenvalue weighted by atomic mass is 10.3. The smallest absolute Gasteiger partial charge is 0.320 e. The summed E-state index contributed by atoms with van der Waals surface area (Å²) in [5.74, 6) is 1.54. The molecule has 0 unspecified atom stereocenters. The normalized spacial score (nSPS) is 10.8. The third-order valence-corrected chi connectivity index (χ3v) is 3.37. The molecule has 4 rings (SSSR count). The summed E-state index contributed by atoms with van der Waals surface area (Å²) in [5.41, 5.74) is 2.51. The maximum Gasteiger partial charge on any atom is 0.320 e. The van der Waals surface area contributed by atoms with Gasteiger partial charge in [-0.2, -0.15) is 0 Å². The third-order valence-electron chi connectivity index (χ3n) is 3.37. The topological polar surface area (TPSA) is 88.9 Å². The number of para-hydroxylation sites is 4. The van der Waals surface area contributed by atoms with Crippen molar-refractivity contribution in [2.75, 3.05) is 12.4 Å². The largest absolute Gasteiger partial charge is 0.495 e. The van der Waals surface area contributed by atoms with Crippen molar-refractivity contribution in [3.05, 3.63) is 48.5 Å². The van der Waals surface area contributed by atoms with E-state index in [4.69, 9.17) is 9.15 Å².